The number of hydrogen-bond acceptors (Lipinski definition) is 4. The van der Waals surface area contributed by atoms with E-state index in [1.807, 2.05) is 66.9 Å². The number of aryl methyl sites for hydroxylation is 1. The average molecular weight is 436 g/mol. The first-order valence-electron chi connectivity index (χ1n) is 9.53. The first-order valence-corrected chi connectivity index (χ1v) is 11.0. The highest BCUT2D eigenvalue weighted by Crippen LogP contribution is 2.20. The Kier molecular flexibility index (Phi) is 5.45. The zero-order valence-electron chi connectivity index (χ0n) is 17.0. The Hall–Kier alpha value is -3.69. The van der Waals surface area contributed by atoms with Crippen LogP contribution in [0.3, 0.4) is 0 Å². The van der Waals surface area contributed by atoms with E-state index < -0.39 is 15.9 Å². The van der Waals surface area contributed by atoms with Crippen LogP contribution in [-0.2, 0) is 10.0 Å². The molecule has 0 bridgehead atoms. The Morgan fingerprint density at radius 2 is 1.55 bits per heavy atom. The van der Waals surface area contributed by atoms with Gasteiger partial charge in [0.05, 0.1) is 23.6 Å². The predicted octanol–water partition coefficient (Wildman–Crippen LogP) is 2.90. The number of rotatable bonds is 6. The highest BCUT2D eigenvalue weighted by atomic mass is 32.2. The van der Waals surface area contributed by atoms with Crippen LogP contribution in [0.2, 0.25) is 0 Å². The lowest BCUT2D eigenvalue weighted by Gasteiger charge is -2.10. The predicted molar refractivity (Wildman–Crippen MR) is 117 cm³/mol. The second-order valence-corrected chi connectivity index (χ2v) is 8.65. The van der Waals surface area contributed by atoms with Gasteiger partial charge in [-0.15, -0.1) is 4.83 Å². The van der Waals surface area contributed by atoms with Gasteiger partial charge in [-0.25, -0.2) is 13.1 Å². The highest BCUT2D eigenvalue weighted by Gasteiger charge is 2.21. The van der Waals surface area contributed by atoms with E-state index in [0.717, 1.165) is 17.1 Å². The van der Waals surface area contributed by atoms with E-state index in [-0.39, 0.29) is 4.90 Å². The number of nitrogens with one attached hydrogen (secondary N) is 2. The van der Waals surface area contributed by atoms with Crippen molar-refractivity contribution in [1.29, 1.82) is 0 Å². The summed E-state index contributed by atoms with van der Waals surface area (Å²) in [5.74, 6) is -0.547. The van der Waals surface area contributed by atoms with Gasteiger partial charge in [0.25, 0.3) is 15.9 Å². The summed E-state index contributed by atoms with van der Waals surface area (Å²) in [6.07, 6.45) is 2.61. The molecule has 8 nitrogen and oxygen atoms in total. The SMILES string of the molecule is Cc1cc(C(=O)NNS(=O)(=O)c2cnn(-c3ccccc3)c2)c(C)n1-c1ccccc1. The standard InChI is InChI=1S/C22H21N5O3S/c1-16-13-21(17(2)27(16)19-11-7-4-8-12-19)22(28)24-25-31(29,30)20-14-23-26(15-20)18-9-5-3-6-10-18/h3-15,25H,1-2H3,(H,24,28). The Morgan fingerprint density at radius 1 is 0.935 bits per heavy atom. The molecule has 4 aromatic rings. The van der Waals surface area contributed by atoms with Crippen molar-refractivity contribution in [3.05, 3.63) is 96.1 Å². The van der Waals surface area contributed by atoms with Crippen molar-refractivity contribution in [2.24, 2.45) is 0 Å². The largest absolute Gasteiger partial charge is 0.318 e. The van der Waals surface area contributed by atoms with E-state index >= 15 is 0 Å². The third-order valence-electron chi connectivity index (χ3n) is 4.88. The molecule has 31 heavy (non-hydrogen) atoms. The fourth-order valence-corrected chi connectivity index (χ4v) is 4.14. The normalized spacial score (nSPS) is 11.4. The molecule has 158 valence electrons. The fraction of sp³-hybridized carbons (Fsp3) is 0.0909. The maximum Gasteiger partial charge on any atom is 0.268 e. The first kappa shape index (κ1) is 20.6. The van der Waals surface area contributed by atoms with Crippen molar-refractivity contribution in [3.8, 4) is 11.4 Å². The van der Waals surface area contributed by atoms with Gasteiger partial charge < -0.3 is 4.57 Å². The second kappa shape index (κ2) is 8.21. The molecule has 0 fully saturated rings. The fourth-order valence-electron chi connectivity index (χ4n) is 3.37. The Morgan fingerprint density at radius 3 is 2.19 bits per heavy atom. The van der Waals surface area contributed by atoms with Crippen LogP contribution >= 0.6 is 0 Å². The Balaban J connectivity index is 1.51. The average Bonchev–Trinajstić information content (AvgIpc) is 3.39. The van der Waals surface area contributed by atoms with E-state index in [1.54, 1.807) is 18.2 Å². The quantitative estimate of drug-likeness (QED) is 0.455. The Bertz CT molecular complexity index is 1330. The van der Waals surface area contributed by atoms with Crippen molar-refractivity contribution in [2.75, 3.05) is 0 Å². The lowest BCUT2D eigenvalue weighted by molar-refractivity contribution is 0.0944. The number of carbonyl (C=O) groups is 1. The van der Waals surface area contributed by atoms with Crippen LogP contribution in [0.5, 0.6) is 0 Å². The van der Waals surface area contributed by atoms with Gasteiger partial charge in [-0.2, -0.15) is 5.10 Å². The molecule has 0 spiro atoms. The Labute approximate surface area is 180 Å². The molecule has 2 aromatic carbocycles. The summed E-state index contributed by atoms with van der Waals surface area (Å²) in [7, 11) is -3.99. The minimum atomic E-state index is -3.99. The van der Waals surface area contributed by atoms with Crippen LogP contribution in [0.25, 0.3) is 11.4 Å². The third-order valence-corrected chi connectivity index (χ3v) is 6.08. The number of para-hydroxylation sites is 2. The molecule has 0 radical (unpaired) electrons. The van der Waals surface area contributed by atoms with E-state index in [1.165, 1.54) is 17.1 Å². The number of nitrogens with zero attached hydrogens (tertiary/aromatic N) is 3. The van der Waals surface area contributed by atoms with Gasteiger partial charge in [-0.1, -0.05) is 36.4 Å². The number of hydrazine groups is 1. The molecule has 2 N–H and O–H groups in total. The second-order valence-electron chi connectivity index (χ2n) is 6.97. The van der Waals surface area contributed by atoms with Crippen LogP contribution in [0, 0.1) is 13.8 Å². The van der Waals surface area contributed by atoms with Crippen LogP contribution in [0.1, 0.15) is 21.7 Å². The van der Waals surface area contributed by atoms with Crippen molar-refractivity contribution < 1.29 is 13.2 Å². The number of aromatic nitrogens is 3. The van der Waals surface area contributed by atoms with Crippen molar-refractivity contribution in [3.63, 3.8) is 0 Å². The van der Waals surface area contributed by atoms with Crippen LogP contribution in [0.15, 0.2) is 84.0 Å². The zero-order chi connectivity index (χ0) is 22.0. The summed E-state index contributed by atoms with van der Waals surface area (Å²) < 4.78 is 28.6. The number of amides is 1. The number of hydrogen-bond donors (Lipinski definition) is 2. The molecule has 9 heteroatoms. The number of carbonyl (C=O) groups excluding carboxylic acids is 1. The van der Waals surface area contributed by atoms with Gasteiger partial charge in [-0.05, 0) is 44.2 Å². The maximum absolute atomic E-state index is 12.7. The molecule has 0 saturated heterocycles. The summed E-state index contributed by atoms with van der Waals surface area (Å²) in [5, 5.41) is 4.08. The summed E-state index contributed by atoms with van der Waals surface area (Å²) in [6, 6.07) is 20.5. The molecule has 0 atom stereocenters. The minimum absolute atomic E-state index is 0.0635. The topological polar surface area (TPSA) is 98.0 Å². The van der Waals surface area contributed by atoms with Crippen molar-refractivity contribution in [2.45, 2.75) is 18.7 Å². The zero-order valence-corrected chi connectivity index (χ0v) is 17.8. The minimum Gasteiger partial charge on any atom is -0.318 e. The van der Waals surface area contributed by atoms with E-state index in [2.05, 4.69) is 15.4 Å². The molecule has 0 aliphatic rings. The molecular formula is C22H21N5O3S. The van der Waals surface area contributed by atoms with E-state index in [4.69, 9.17) is 0 Å². The molecule has 2 heterocycles. The monoisotopic (exact) mass is 435 g/mol. The molecule has 2 aromatic heterocycles. The highest BCUT2D eigenvalue weighted by molar-refractivity contribution is 7.89. The molecule has 1 amide bonds. The van der Waals surface area contributed by atoms with Gasteiger partial charge in [-0.3, -0.25) is 10.2 Å². The van der Waals surface area contributed by atoms with Gasteiger partial charge in [0.2, 0.25) is 0 Å². The van der Waals surface area contributed by atoms with Crippen LogP contribution < -0.4 is 10.3 Å². The van der Waals surface area contributed by atoms with E-state index in [0.29, 0.717) is 11.3 Å². The van der Waals surface area contributed by atoms with Gasteiger partial charge >= 0.3 is 0 Å². The summed E-state index contributed by atoms with van der Waals surface area (Å²) in [5.41, 5.74) is 5.88. The number of benzene rings is 2. The van der Waals surface area contributed by atoms with Gasteiger partial charge in [0.1, 0.15) is 4.90 Å². The molecule has 0 saturated carbocycles. The molecule has 0 aliphatic heterocycles. The van der Waals surface area contributed by atoms with Crippen molar-refractivity contribution >= 4 is 15.9 Å². The third kappa shape index (κ3) is 4.14. The van der Waals surface area contributed by atoms with E-state index in [9.17, 15) is 13.2 Å². The smallest absolute Gasteiger partial charge is 0.268 e. The van der Waals surface area contributed by atoms with Gasteiger partial charge in [0.15, 0.2) is 0 Å². The lowest BCUT2D eigenvalue weighted by atomic mass is 10.2. The number of sulfonamides is 1. The maximum atomic E-state index is 12.7. The lowest BCUT2D eigenvalue weighted by Crippen LogP contribution is -2.41. The molecule has 4 rings (SSSR count). The first-order chi connectivity index (χ1) is 14.9. The van der Waals surface area contributed by atoms with Crippen LogP contribution in [0.4, 0.5) is 0 Å². The van der Waals surface area contributed by atoms with Crippen LogP contribution in [-0.4, -0.2) is 28.7 Å². The molecular weight excluding hydrogens is 414 g/mol. The summed E-state index contributed by atoms with van der Waals surface area (Å²) >= 11 is 0. The summed E-state index contributed by atoms with van der Waals surface area (Å²) in [4.78, 5) is 14.8. The van der Waals surface area contributed by atoms with Gasteiger partial charge in [0, 0.05) is 17.1 Å². The summed E-state index contributed by atoms with van der Waals surface area (Å²) in [6.45, 7) is 3.70. The molecule has 0 aliphatic carbocycles. The van der Waals surface area contributed by atoms with Crippen molar-refractivity contribution in [1.82, 2.24) is 24.6 Å². The molecule has 0 unspecified atom stereocenters.